The summed E-state index contributed by atoms with van der Waals surface area (Å²) in [6.07, 6.45) is -0.964. The van der Waals surface area contributed by atoms with Crippen molar-refractivity contribution in [1.29, 1.82) is 0 Å². The van der Waals surface area contributed by atoms with Gasteiger partial charge in [-0.05, 0) is 18.1 Å². The summed E-state index contributed by atoms with van der Waals surface area (Å²) in [5.41, 5.74) is 0. The molecule has 1 atom stereocenters. The molecule has 0 fully saturated rings. The van der Waals surface area contributed by atoms with E-state index in [1.165, 1.54) is 0 Å². The van der Waals surface area contributed by atoms with Crippen LogP contribution in [0, 0.1) is 0 Å². The third-order valence-corrected chi connectivity index (χ3v) is 7.12. The summed E-state index contributed by atoms with van der Waals surface area (Å²) < 4.78 is 17.5. The van der Waals surface area contributed by atoms with Crippen molar-refractivity contribution in [3.63, 3.8) is 0 Å². The van der Waals surface area contributed by atoms with Crippen LogP contribution in [0.25, 0.3) is 0 Å². The Morgan fingerprint density at radius 2 is 1.85 bits per heavy atom. The first kappa shape index (κ1) is 13.1. The van der Waals surface area contributed by atoms with E-state index in [0.717, 1.165) is 0 Å². The molecule has 0 bridgehead atoms. The van der Waals surface area contributed by atoms with Crippen molar-refractivity contribution < 1.29 is 13.9 Å². The lowest BCUT2D eigenvalue weighted by atomic mass is 10.2. The zero-order chi connectivity index (χ0) is 10.7. The van der Waals surface area contributed by atoms with E-state index in [0.29, 0.717) is 0 Å². The fourth-order valence-corrected chi connectivity index (χ4v) is 1.61. The van der Waals surface area contributed by atoms with Gasteiger partial charge in [0.1, 0.15) is 12.8 Å². The number of halogens is 1. The predicted molar refractivity (Wildman–Crippen MR) is 55.1 cm³/mol. The highest BCUT2D eigenvalue weighted by Crippen LogP contribution is 2.36. The molecule has 0 aromatic heterocycles. The molecule has 4 heteroatoms. The maximum absolute atomic E-state index is 11.9. The molecule has 0 spiro atoms. The Morgan fingerprint density at radius 3 is 2.15 bits per heavy atom. The Morgan fingerprint density at radius 1 is 1.38 bits per heavy atom. The fraction of sp³-hybridized carbons (Fsp3) is 1.00. The second-order valence-corrected chi connectivity index (χ2v) is 9.69. The van der Waals surface area contributed by atoms with Crippen molar-refractivity contribution >= 4 is 8.32 Å². The number of hydrogen-bond donors (Lipinski definition) is 1. The second kappa shape index (κ2) is 4.53. The molecule has 0 aliphatic carbocycles. The molecule has 0 radical (unpaired) electrons. The Balaban J connectivity index is 4.04. The third-order valence-electron chi connectivity index (χ3n) is 2.62. The summed E-state index contributed by atoms with van der Waals surface area (Å²) in [6.45, 7) is 9.89. The summed E-state index contributed by atoms with van der Waals surface area (Å²) >= 11 is 0. The lowest BCUT2D eigenvalue weighted by Crippen LogP contribution is -2.42. The van der Waals surface area contributed by atoms with Crippen molar-refractivity contribution in [3.05, 3.63) is 0 Å². The van der Waals surface area contributed by atoms with Gasteiger partial charge in [0.25, 0.3) is 0 Å². The SMILES string of the molecule is CC(C)(C)[Si](C)(C)OC[C@H](O)CF. The molecule has 0 aliphatic rings. The minimum absolute atomic E-state index is 0.114. The summed E-state index contributed by atoms with van der Waals surface area (Å²) in [5, 5.41) is 9.12. The average Bonchev–Trinajstić information content (AvgIpc) is 1.98. The molecular weight excluding hydrogens is 187 g/mol. The highest BCUT2D eigenvalue weighted by atomic mass is 28.4. The summed E-state index contributed by atoms with van der Waals surface area (Å²) in [5.74, 6) is 0. The molecule has 0 rings (SSSR count). The number of hydrogen-bond acceptors (Lipinski definition) is 2. The van der Waals surface area contributed by atoms with Crippen molar-refractivity contribution in [2.45, 2.75) is 45.0 Å². The molecule has 2 nitrogen and oxygen atoms in total. The van der Waals surface area contributed by atoms with Crippen LogP contribution in [0.4, 0.5) is 4.39 Å². The largest absolute Gasteiger partial charge is 0.414 e. The van der Waals surface area contributed by atoms with E-state index < -0.39 is 21.1 Å². The van der Waals surface area contributed by atoms with Crippen LogP contribution in [0.2, 0.25) is 18.1 Å². The zero-order valence-electron chi connectivity index (χ0n) is 9.22. The number of aliphatic hydroxyl groups is 1. The van der Waals surface area contributed by atoms with E-state index in [1.54, 1.807) is 0 Å². The molecule has 0 saturated heterocycles. The third kappa shape index (κ3) is 4.20. The highest BCUT2D eigenvalue weighted by molar-refractivity contribution is 6.74. The van der Waals surface area contributed by atoms with Crippen LogP contribution in [0.1, 0.15) is 20.8 Å². The van der Waals surface area contributed by atoms with Crippen molar-refractivity contribution in [2.24, 2.45) is 0 Å². The molecule has 0 unspecified atom stereocenters. The minimum atomic E-state index is -1.81. The van der Waals surface area contributed by atoms with Crippen molar-refractivity contribution in [2.75, 3.05) is 13.3 Å². The van der Waals surface area contributed by atoms with Gasteiger partial charge in [-0.2, -0.15) is 0 Å². The van der Waals surface area contributed by atoms with Crippen molar-refractivity contribution in [3.8, 4) is 0 Å². The fourth-order valence-electron chi connectivity index (χ4n) is 0.566. The minimum Gasteiger partial charge on any atom is -0.414 e. The van der Waals surface area contributed by atoms with Gasteiger partial charge in [0.15, 0.2) is 8.32 Å². The van der Waals surface area contributed by atoms with E-state index in [-0.39, 0.29) is 11.6 Å². The van der Waals surface area contributed by atoms with Crippen LogP contribution in [0.3, 0.4) is 0 Å². The summed E-state index contributed by atoms with van der Waals surface area (Å²) in [4.78, 5) is 0. The van der Waals surface area contributed by atoms with Crippen LogP contribution in [-0.2, 0) is 4.43 Å². The Bertz CT molecular complexity index is 154. The molecule has 1 N–H and O–H groups in total. The van der Waals surface area contributed by atoms with Crippen LogP contribution < -0.4 is 0 Å². The van der Waals surface area contributed by atoms with Gasteiger partial charge in [-0.1, -0.05) is 20.8 Å². The van der Waals surface area contributed by atoms with E-state index in [2.05, 4.69) is 33.9 Å². The van der Waals surface area contributed by atoms with Gasteiger partial charge in [0, 0.05) is 0 Å². The lowest BCUT2D eigenvalue weighted by molar-refractivity contribution is 0.0780. The predicted octanol–water partition coefficient (Wildman–Crippen LogP) is 2.34. The maximum Gasteiger partial charge on any atom is 0.192 e. The van der Waals surface area contributed by atoms with Crippen LogP contribution in [0.5, 0.6) is 0 Å². The number of rotatable bonds is 4. The molecule has 0 heterocycles. The molecule has 80 valence electrons. The number of alkyl halides is 1. The second-order valence-electron chi connectivity index (χ2n) is 4.88. The quantitative estimate of drug-likeness (QED) is 0.719. The lowest BCUT2D eigenvalue weighted by Gasteiger charge is -2.36. The van der Waals surface area contributed by atoms with E-state index in [9.17, 15) is 4.39 Å². The molecule has 0 aliphatic heterocycles. The monoisotopic (exact) mass is 208 g/mol. The van der Waals surface area contributed by atoms with Gasteiger partial charge in [-0.3, -0.25) is 0 Å². The molecule has 0 aromatic rings. The summed E-state index contributed by atoms with van der Waals surface area (Å²) in [6, 6.07) is 0. The smallest absolute Gasteiger partial charge is 0.192 e. The van der Waals surface area contributed by atoms with Gasteiger partial charge in [-0.15, -0.1) is 0 Å². The van der Waals surface area contributed by atoms with E-state index >= 15 is 0 Å². The van der Waals surface area contributed by atoms with Crippen LogP contribution >= 0.6 is 0 Å². The Labute approximate surface area is 81.2 Å². The Kier molecular flexibility index (Phi) is 4.55. The standard InChI is InChI=1S/C9H21FO2Si/c1-9(2,3)13(4,5)12-7-8(11)6-10/h8,11H,6-7H2,1-5H3/t8-/m1/s1. The van der Waals surface area contributed by atoms with Gasteiger partial charge >= 0.3 is 0 Å². The molecular formula is C9H21FO2Si. The van der Waals surface area contributed by atoms with E-state index in [1.807, 2.05) is 0 Å². The average molecular weight is 208 g/mol. The first-order chi connectivity index (χ1) is 5.70. The zero-order valence-corrected chi connectivity index (χ0v) is 10.2. The van der Waals surface area contributed by atoms with Gasteiger partial charge in [-0.25, -0.2) is 4.39 Å². The maximum atomic E-state index is 11.9. The molecule has 13 heavy (non-hydrogen) atoms. The van der Waals surface area contributed by atoms with E-state index in [4.69, 9.17) is 9.53 Å². The van der Waals surface area contributed by atoms with Crippen LogP contribution in [-0.4, -0.2) is 32.8 Å². The number of aliphatic hydroxyl groups excluding tert-OH is 1. The first-order valence-corrected chi connectivity index (χ1v) is 7.49. The van der Waals surface area contributed by atoms with Gasteiger partial charge < -0.3 is 9.53 Å². The Hall–Kier alpha value is 0.0669. The van der Waals surface area contributed by atoms with Gasteiger partial charge in [0.05, 0.1) is 6.61 Å². The highest BCUT2D eigenvalue weighted by Gasteiger charge is 2.37. The topological polar surface area (TPSA) is 29.5 Å². The van der Waals surface area contributed by atoms with Gasteiger partial charge in [0.2, 0.25) is 0 Å². The first-order valence-electron chi connectivity index (χ1n) is 4.58. The molecule has 0 saturated carbocycles. The molecule has 0 aromatic carbocycles. The molecule has 0 amide bonds. The van der Waals surface area contributed by atoms with Crippen LogP contribution in [0.15, 0.2) is 0 Å². The normalized spacial score (nSPS) is 15.9. The van der Waals surface area contributed by atoms with Crippen molar-refractivity contribution in [1.82, 2.24) is 0 Å². The summed E-state index contributed by atoms with van der Waals surface area (Å²) in [7, 11) is -1.81.